The van der Waals surface area contributed by atoms with E-state index in [1.54, 1.807) is 13.0 Å². The fourth-order valence-corrected chi connectivity index (χ4v) is 3.82. The van der Waals surface area contributed by atoms with Gasteiger partial charge in [-0.3, -0.25) is 4.79 Å². The van der Waals surface area contributed by atoms with Gasteiger partial charge in [-0.05, 0) is 50.1 Å². The van der Waals surface area contributed by atoms with Crippen molar-refractivity contribution in [2.75, 3.05) is 0 Å². The quantitative estimate of drug-likeness (QED) is 0.690. The molecule has 3 heterocycles. The van der Waals surface area contributed by atoms with Crippen LogP contribution in [0.15, 0.2) is 76.5 Å². The molecule has 0 bridgehead atoms. The summed E-state index contributed by atoms with van der Waals surface area (Å²) in [6, 6.07) is 5.34. The first kappa shape index (κ1) is 20.8. The maximum absolute atomic E-state index is 13.5. The van der Waals surface area contributed by atoms with Gasteiger partial charge in [-0.2, -0.15) is 18.3 Å². The maximum Gasteiger partial charge on any atom is 0.417 e. The van der Waals surface area contributed by atoms with Crippen LogP contribution >= 0.6 is 0 Å². The number of hydrogen-bond acceptors (Lipinski definition) is 5. The molecule has 3 aliphatic rings. The Balaban J connectivity index is 1.63. The van der Waals surface area contributed by atoms with Gasteiger partial charge in [-0.15, -0.1) is 0 Å². The number of carbonyl (C=O) groups is 1. The number of allylic oxidation sites excluding steroid dienone is 3. The van der Waals surface area contributed by atoms with Crippen LogP contribution in [0.4, 0.5) is 13.2 Å². The topological polar surface area (TPSA) is 68.8 Å². The van der Waals surface area contributed by atoms with E-state index in [1.807, 2.05) is 26.0 Å². The second kappa shape index (κ2) is 7.64. The third kappa shape index (κ3) is 4.08. The SMILES string of the molecule is CC1=CC(C)NC(NC(=O)C2=CNC3C(C)=CC(c4ccccc4C(F)(F)F)=NN23)=C1. The average molecular weight is 429 g/mol. The van der Waals surface area contributed by atoms with Crippen LogP contribution in [-0.4, -0.2) is 28.8 Å². The van der Waals surface area contributed by atoms with E-state index >= 15 is 0 Å². The van der Waals surface area contributed by atoms with Crippen molar-refractivity contribution in [1.29, 1.82) is 0 Å². The van der Waals surface area contributed by atoms with E-state index in [-0.39, 0.29) is 23.0 Å². The molecule has 0 saturated heterocycles. The van der Waals surface area contributed by atoms with Crippen LogP contribution in [-0.2, 0) is 11.0 Å². The van der Waals surface area contributed by atoms with Gasteiger partial charge in [-0.25, -0.2) is 5.01 Å². The van der Waals surface area contributed by atoms with Crippen LogP contribution in [0, 0.1) is 0 Å². The Labute approximate surface area is 177 Å². The molecular formula is C22H22F3N5O. The second-order valence-electron chi connectivity index (χ2n) is 7.72. The predicted octanol–water partition coefficient (Wildman–Crippen LogP) is 3.34. The van der Waals surface area contributed by atoms with Gasteiger partial charge in [0.25, 0.3) is 5.91 Å². The van der Waals surface area contributed by atoms with Crippen molar-refractivity contribution < 1.29 is 18.0 Å². The van der Waals surface area contributed by atoms with E-state index in [1.165, 1.54) is 29.4 Å². The molecule has 0 aromatic heterocycles. The Morgan fingerprint density at radius 1 is 1.19 bits per heavy atom. The fraction of sp³-hybridized carbons (Fsp3) is 0.273. The van der Waals surface area contributed by atoms with E-state index < -0.39 is 23.8 Å². The van der Waals surface area contributed by atoms with Crippen molar-refractivity contribution in [1.82, 2.24) is 21.0 Å². The molecule has 0 saturated carbocycles. The van der Waals surface area contributed by atoms with E-state index in [0.717, 1.165) is 17.2 Å². The molecule has 1 amide bonds. The number of halogens is 3. The van der Waals surface area contributed by atoms with E-state index in [9.17, 15) is 18.0 Å². The summed E-state index contributed by atoms with van der Waals surface area (Å²) in [6.07, 6.45) is 2.02. The number of hydrazone groups is 1. The van der Waals surface area contributed by atoms with Crippen molar-refractivity contribution in [2.45, 2.75) is 39.2 Å². The number of alkyl halides is 3. The maximum atomic E-state index is 13.5. The summed E-state index contributed by atoms with van der Waals surface area (Å²) in [7, 11) is 0. The average Bonchev–Trinajstić information content (AvgIpc) is 3.11. The van der Waals surface area contributed by atoms with Gasteiger partial charge in [0, 0.05) is 17.8 Å². The molecule has 162 valence electrons. The van der Waals surface area contributed by atoms with Gasteiger partial charge in [0.2, 0.25) is 0 Å². The molecule has 0 spiro atoms. The largest absolute Gasteiger partial charge is 0.417 e. The summed E-state index contributed by atoms with van der Waals surface area (Å²) >= 11 is 0. The van der Waals surface area contributed by atoms with Crippen LogP contribution in [0.25, 0.3) is 0 Å². The molecule has 6 nitrogen and oxygen atoms in total. The standard InChI is InChI=1S/C22H22F3N5O/c1-12-8-14(3)27-19(9-12)28-21(31)18-11-26-20-13(2)10-17(29-30(18)20)15-6-4-5-7-16(15)22(23,24)25/h4-11,14,20,26-27H,1-3H3,(H,28,31). The Kier molecular flexibility index (Phi) is 5.12. The lowest BCUT2D eigenvalue weighted by molar-refractivity contribution is -0.137. The highest BCUT2D eigenvalue weighted by Gasteiger charge is 2.38. The van der Waals surface area contributed by atoms with Crippen molar-refractivity contribution in [3.05, 3.63) is 82.5 Å². The molecule has 2 atom stereocenters. The van der Waals surface area contributed by atoms with Crippen LogP contribution in [0.1, 0.15) is 31.9 Å². The highest BCUT2D eigenvalue weighted by molar-refractivity contribution is 6.11. The molecule has 31 heavy (non-hydrogen) atoms. The lowest BCUT2D eigenvalue weighted by atomic mass is 9.99. The molecule has 9 heteroatoms. The highest BCUT2D eigenvalue weighted by Crippen LogP contribution is 2.34. The monoisotopic (exact) mass is 429 g/mol. The minimum Gasteiger partial charge on any atom is -0.366 e. The van der Waals surface area contributed by atoms with Crippen LogP contribution < -0.4 is 16.0 Å². The fourth-order valence-electron chi connectivity index (χ4n) is 3.82. The lowest BCUT2D eigenvalue weighted by Crippen LogP contribution is -2.43. The zero-order chi connectivity index (χ0) is 22.3. The van der Waals surface area contributed by atoms with Crippen molar-refractivity contribution in [2.24, 2.45) is 5.10 Å². The third-order valence-electron chi connectivity index (χ3n) is 5.14. The zero-order valence-corrected chi connectivity index (χ0v) is 17.2. The molecule has 4 rings (SSSR count). The number of hydrogen-bond donors (Lipinski definition) is 3. The summed E-state index contributed by atoms with van der Waals surface area (Å²) in [6.45, 7) is 5.68. The van der Waals surface area contributed by atoms with Gasteiger partial charge in [0.1, 0.15) is 17.7 Å². The second-order valence-corrected chi connectivity index (χ2v) is 7.72. The lowest BCUT2D eigenvalue weighted by Gasteiger charge is -2.30. The van der Waals surface area contributed by atoms with E-state index in [4.69, 9.17) is 0 Å². The number of fused-ring (bicyclic) bond motifs is 1. The van der Waals surface area contributed by atoms with Crippen molar-refractivity contribution >= 4 is 11.6 Å². The Morgan fingerprint density at radius 3 is 2.65 bits per heavy atom. The smallest absolute Gasteiger partial charge is 0.366 e. The number of dihydropyridines is 1. The molecule has 1 aromatic rings. The molecule has 1 aromatic carbocycles. The molecule has 3 N–H and O–H groups in total. The summed E-state index contributed by atoms with van der Waals surface area (Å²) in [5, 5.41) is 14.8. The number of carbonyl (C=O) groups excluding carboxylic acids is 1. The number of benzene rings is 1. The van der Waals surface area contributed by atoms with Crippen molar-refractivity contribution in [3.63, 3.8) is 0 Å². The Bertz CT molecular complexity index is 1080. The summed E-state index contributed by atoms with van der Waals surface area (Å²) in [5.74, 6) is 0.135. The number of rotatable bonds is 3. The minimum atomic E-state index is -4.52. The van der Waals surface area contributed by atoms with Gasteiger partial charge >= 0.3 is 6.18 Å². The minimum absolute atomic E-state index is 0.0364. The summed E-state index contributed by atoms with van der Waals surface area (Å²) in [4.78, 5) is 12.9. The van der Waals surface area contributed by atoms with Crippen LogP contribution in [0.2, 0.25) is 0 Å². The van der Waals surface area contributed by atoms with Crippen molar-refractivity contribution in [3.8, 4) is 0 Å². The van der Waals surface area contributed by atoms with E-state index in [0.29, 0.717) is 5.82 Å². The summed E-state index contributed by atoms with van der Waals surface area (Å²) < 4.78 is 40.5. The number of nitrogens with one attached hydrogen (secondary N) is 3. The zero-order valence-electron chi connectivity index (χ0n) is 17.2. The Hall–Kier alpha value is -3.49. The van der Waals surface area contributed by atoms with Gasteiger partial charge < -0.3 is 16.0 Å². The summed E-state index contributed by atoms with van der Waals surface area (Å²) in [5.41, 5.74) is 1.30. The van der Waals surface area contributed by atoms with Gasteiger partial charge in [0.15, 0.2) is 0 Å². The van der Waals surface area contributed by atoms with Crippen LogP contribution in [0.3, 0.4) is 0 Å². The molecule has 3 aliphatic heterocycles. The van der Waals surface area contributed by atoms with E-state index in [2.05, 4.69) is 21.1 Å². The molecule has 2 unspecified atom stereocenters. The molecular weight excluding hydrogens is 407 g/mol. The molecule has 0 aliphatic carbocycles. The molecule has 0 fully saturated rings. The normalized spacial score (nSPS) is 22.8. The number of nitrogens with zero attached hydrogens (tertiary/aromatic N) is 2. The first-order valence-corrected chi connectivity index (χ1v) is 9.80. The highest BCUT2D eigenvalue weighted by atomic mass is 19.4. The first-order valence-electron chi connectivity index (χ1n) is 9.80. The van der Waals surface area contributed by atoms with Gasteiger partial charge in [0.05, 0.1) is 11.3 Å². The Morgan fingerprint density at radius 2 is 1.94 bits per heavy atom. The predicted molar refractivity (Wildman–Crippen MR) is 111 cm³/mol. The first-order chi connectivity index (χ1) is 14.6. The van der Waals surface area contributed by atoms with Gasteiger partial charge in [-0.1, -0.05) is 24.3 Å². The third-order valence-corrected chi connectivity index (χ3v) is 5.14. The van der Waals surface area contributed by atoms with Crippen LogP contribution in [0.5, 0.6) is 0 Å². The molecule has 0 radical (unpaired) electrons. The number of amides is 1.